The first-order chi connectivity index (χ1) is 11.8. The molecule has 0 aromatic heterocycles. The molecule has 0 atom stereocenters. The van der Waals surface area contributed by atoms with Gasteiger partial charge in [0.2, 0.25) is 15.9 Å². The highest BCUT2D eigenvalue weighted by Crippen LogP contribution is 2.26. The first-order valence-electron chi connectivity index (χ1n) is 9.14. The van der Waals surface area contributed by atoms with Crippen LogP contribution < -0.4 is 5.32 Å². The van der Waals surface area contributed by atoms with E-state index in [1.54, 1.807) is 0 Å². The molecule has 2 rings (SSSR count). The second kappa shape index (κ2) is 8.81. The molecule has 1 aliphatic rings. The van der Waals surface area contributed by atoms with Gasteiger partial charge in [0.05, 0.1) is 6.26 Å². The van der Waals surface area contributed by atoms with E-state index in [2.05, 4.69) is 19.2 Å². The summed E-state index contributed by atoms with van der Waals surface area (Å²) in [5.74, 6) is 0.170. The zero-order valence-corrected chi connectivity index (χ0v) is 16.3. The minimum absolute atomic E-state index is 0.0412. The Hall–Kier alpha value is -1.40. The summed E-state index contributed by atoms with van der Waals surface area (Å²) in [6.45, 7) is 4.41. The van der Waals surface area contributed by atoms with Crippen LogP contribution in [0.15, 0.2) is 24.3 Å². The molecule has 5 nitrogen and oxygen atoms in total. The van der Waals surface area contributed by atoms with E-state index in [4.69, 9.17) is 0 Å². The number of amides is 1. The van der Waals surface area contributed by atoms with Crippen LogP contribution in [0.25, 0.3) is 0 Å². The molecule has 1 saturated carbocycles. The van der Waals surface area contributed by atoms with E-state index in [1.165, 1.54) is 17.0 Å². The van der Waals surface area contributed by atoms with Gasteiger partial charge in [-0.2, -0.15) is 4.31 Å². The van der Waals surface area contributed by atoms with Crippen LogP contribution in [0.2, 0.25) is 0 Å². The van der Waals surface area contributed by atoms with Crippen LogP contribution in [0.5, 0.6) is 0 Å². The van der Waals surface area contributed by atoms with Crippen LogP contribution in [-0.4, -0.2) is 37.5 Å². The highest BCUT2D eigenvalue weighted by atomic mass is 32.2. The molecule has 6 heteroatoms. The van der Waals surface area contributed by atoms with Crippen molar-refractivity contribution in [3.05, 3.63) is 29.8 Å². The van der Waals surface area contributed by atoms with E-state index in [-0.39, 0.29) is 24.9 Å². The summed E-state index contributed by atoms with van der Waals surface area (Å²) < 4.78 is 25.8. The van der Waals surface area contributed by atoms with E-state index < -0.39 is 10.0 Å². The van der Waals surface area contributed by atoms with E-state index in [1.807, 2.05) is 24.3 Å². The summed E-state index contributed by atoms with van der Waals surface area (Å²) in [7, 11) is -3.30. The average molecular weight is 367 g/mol. The average Bonchev–Trinajstić information content (AvgIpc) is 2.55. The van der Waals surface area contributed by atoms with Crippen molar-refractivity contribution in [2.24, 2.45) is 0 Å². The molecule has 0 bridgehead atoms. The molecule has 1 amide bonds. The van der Waals surface area contributed by atoms with Gasteiger partial charge < -0.3 is 5.32 Å². The number of hydrogen-bond donors (Lipinski definition) is 1. The van der Waals surface area contributed by atoms with Gasteiger partial charge in [-0.15, -0.1) is 0 Å². The van der Waals surface area contributed by atoms with Crippen molar-refractivity contribution in [3.8, 4) is 0 Å². The molecule has 1 aromatic rings. The molecule has 0 unspecified atom stereocenters. The number of sulfonamides is 1. The van der Waals surface area contributed by atoms with Crippen molar-refractivity contribution in [2.45, 2.75) is 64.3 Å². The van der Waals surface area contributed by atoms with Gasteiger partial charge in [-0.05, 0) is 30.4 Å². The number of hydrogen-bond acceptors (Lipinski definition) is 3. The maximum absolute atomic E-state index is 12.4. The van der Waals surface area contributed by atoms with Crippen LogP contribution in [-0.2, 0) is 14.8 Å². The van der Waals surface area contributed by atoms with Crippen molar-refractivity contribution in [1.29, 1.82) is 0 Å². The standard InChI is InChI=1S/C19H30N2O3S/c1-15(2)17-11-7-8-12-18(17)20-19(22)13-14-21(25(3,23)24)16-9-5-4-6-10-16/h7-8,11-12,15-16H,4-6,9-10,13-14H2,1-3H3,(H,20,22). The Bertz CT molecular complexity index is 680. The van der Waals surface area contributed by atoms with Gasteiger partial charge in [-0.25, -0.2) is 8.42 Å². The van der Waals surface area contributed by atoms with Crippen LogP contribution in [0.1, 0.15) is 63.9 Å². The SMILES string of the molecule is CC(C)c1ccccc1NC(=O)CCN(C1CCCCC1)S(C)(=O)=O. The third-order valence-electron chi connectivity index (χ3n) is 4.82. The van der Waals surface area contributed by atoms with Crippen molar-refractivity contribution in [1.82, 2.24) is 4.31 Å². The van der Waals surface area contributed by atoms with Crippen LogP contribution in [0.4, 0.5) is 5.69 Å². The zero-order chi connectivity index (χ0) is 18.4. The monoisotopic (exact) mass is 366 g/mol. The predicted molar refractivity (Wildman–Crippen MR) is 102 cm³/mol. The minimum atomic E-state index is -3.30. The molecule has 0 heterocycles. The fourth-order valence-electron chi connectivity index (χ4n) is 3.53. The smallest absolute Gasteiger partial charge is 0.225 e. The maximum Gasteiger partial charge on any atom is 0.225 e. The highest BCUT2D eigenvalue weighted by Gasteiger charge is 2.28. The normalized spacial score (nSPS) is 16.4. The van der Waals surface area contributed by atoms with Crippen LogP contribution >= 0.6 is 0 Å². The molecule has 1 aromatic carbocycles. The lowest BCUT2D eigenvalue weighted by Crippen LogP contribution is -2.42. The topological polar surface area (TPSA) is 66.5 Å². The number of anilines is 1. The Kier molecular flexibility index (Phi) is 7.02. The van der Waals surface area contributed by atoms with Crippen molar-refractivity contribution in [2.75, 3.05) is 18.1 Å². The van der Waals surface area contributed by atoms with Crippen LogP contribution in [0.3, 0.4) is 0 Å². The van der Waals surface area contributed by atoms with E-state index in [9.17, 15) is 13.2 Å². The van der Waals surface area contributed by atoms with Gasteiger partial charge in [0.15, 0.2) is 0 Å². The molecular weight excluding hydrogens is 336 g/mol. The highest BCUT2D eigenvalue weighted by molar-refractivity contribution is 7.88. The third kappa shape index (κ3) is 5.82. The summed E-state index contributed by atoms with van der Waals surface area (Å²) in [5, 5.41) is 2.94. The minimum Gasteiger partial charge on any atom is -0.326 e. The van der Waals surface area contributed by atoms with E-state index in [0.29, 0.717) is 5.92 Å². The number of carbonyl (C=O) groups is 1. The number of nitrogens with one attached hydrogen (secondary N) is 1. The maximum atomic E-state index is 12.4. The number of benzene rings is 1. The predicted octanol–water partition coefficient (Wildman–Crippen LogP) is 3.73. The van der Waals surface area contributed by atoms with Crippen molar-refractivity contribution in [3.63, 3.8) is 0 Å². The summed E-state index contributed by atoms with van der Waals surface area (Å²) >= 11 is 0. The molecule has 1 fully saturated rings. The fraction of sp³-hybridized carbons (Fsp3) is 0.632. The Labute approximate surface area is 151 Å². The van der Waals surface area contributed by atoms with Gasteiger partial charge in [-0.1, -0.05) is 51.3 Å². The Morgan fingerprint density at radius 3 is 2.44 bits per heavy atom. The Morgan fingerprint density at radius 2 is 1.84 bits per heavy atom. The lowest BCUT2D eigenvalue weighted by atomic mass is 9.95. The molecule has 1 N–H and O–H groups in total. The van der Waals surface area contributed by atoms with Gasteiger partial charge in [0.25, 0.3) is 0 Å². The summed E-state index contributed by atoms with van der Waals surface area (Å²) in [5.41, 5.74) is 1.90. The van der Waals surface area contributed by atoms with Gasteiger partial charge in [0.1, 0.15) is 0 Å². The lowest BCUT2D eigenvalue weighted by molar-refractivity contribution is -0.116. The molecule has 0 aliphatic heterocycles. The van der Waals surface area contributed by atoms with Gasteiger partial charge in [-0.3, -0.25) is 4.79 Å². The van der Waals surface area contributed by atoms with Crippen molar-refractivity contribution >= 4 is 21.6 Å². The number of nitrogens with zero attached hydrogens (tertiary/aromatic N) is 1. The Morgan fingerprint density at radius 1 is 1.20 bits per heavy atom. The number of carbonyl (C=O) groups excluding carboxylic acids is 1. The summed E-state index contributed by atoms with van der Waals surface area (Å²) in [6.07, 6.45) is 6.50. The molecule has 140 valence electrons. The Balaban J connectivity index is 1.99. The van der Waals surface area contributed by atoms with E-state index >= 15 is 0 Å². The van der Waals surface area contributed by atoms with E-state index in [0.717, 1.165) is 36.9 Å². The quantitative estimate of drug-likeness (QED) is 0.799. The van der Waals surface area contributed by atoms with Crippen molar-refractivity contribution < 1.29 is 13.2 Å². The molecule has 1 aliphatic carbocycles. The lowest BCUT2D eigenvalue weighted by Gasteiger charge is -2.32. The molecule has 0 radical (unpaired) electrons. The first kappa shape index (κ1) is 19.9. The fourth-order valence-corrected chi connectivity index (χ4v) is 4.70. The summed E-state index contributed by atoms with van der Waals surface area (Å²) in [6, 6.07) is 7.79. The zero-order valence-electron chi connectivity index (χ0n) is 15.5. The summed E-state index contributed by atoms with van der Waals surface area (Å²) in [4.78, 5) is 12.4. The molecule has 0 saturated heterocycles. The van der Waals surface area contributed by atoms with Gasteiger partial charge in [0, 0.05) is 24.7 Å². The largest absolute Gasteiger partial charge is 0.326 e. The second-order valence-electron chi connectivity index (χ2n) is 7.21. The molecular formula is C19H30N2O3S. The number of rotatable bonds is 7. The number of para-hydroxylation sites is 1. The van der Waals surface area contributed by atoms with Gasteiger partial charge >= 0.3 is 0 Å². The second-order valence-corrected chi connectivity index (χ2v) is 9.14. The molecule has 0 spiro atoms. The molecule has 25 heavy (non-hydrogen) atoms. The van der Waals surface area contributed by atoms with Crippen LogP contribution in [0, 0.1) is 0 Å². The first-order valence-corrected chi connectivity index (χ1v) is 11.0. The third-order valence-corrected chi connectivity index (χ3v) is 6.16.